The average Bonchev–Trinajstić information content (AvgIpc) is 2.88. The second-order valence-electron chi connectivity index (χ2n) is 5.50. The maximum atomic E-state index is 12.0. The molecule has 0 radical (unpaired) electrons. The number of aromatic nitrogens is 1. The van der Waals surface area contributed by atoms with Crippen molar-refractivity contribution in [2.75, 3.05) is 11.9 Å². The average molecular weight is 326 g/mol. The van der Waals surface area contributed by atoms with E-state index in [9.17, 15) is 4.79 Å². The summed E-state index contributed by atoms with van der Waals surface area (Å²) in [5.41, 5.74) is 4.07. The predicted octanol–water partition coefficient (Wildman–Crippen LogP) is 4.24. The van der Waals surface area contributed by atoms with Crippen LogP contribution in [0.25, 0.3) is 10.2 Å². The largest absolute Gasteiger partial charge is 0.484 e. The Labute approximate surface area is 139 Å². The Morgan fingerprint density at radius 3 is 2.74 bits per heavy atom. The highest BCUT2D eigenvalue weighted by atomic mass is 32.1. The van der Waals surface area contributed by atoms with E-state index in [1.165, 1.54) is 5.56 Å². The van der Waals surface area contributed by atoms with Gasteiger partial charge in [-0.25, -0.2) is 4.98 Å². The number of fused-ring (bicyclic) bond motifs is 1. The standard InChI is InChI=1S/C18H18N2O2S/c1-11-4-6-15(8-12(11)2)22-10-18(21)20-14-5-7-16-17(9-14)23-13(3)19-16/h4-9H,10H2,1-3H3,(H,20,21). The van der Waals surface area contributed by atoms with Gasteiger partial charge in [0.05, 0.1) is 15.2 Å². The molecule has 23 heavy (non-hydrogen) atoms. The van der Waals surface area contributed by atoms with Crippen molar-refractivity contribution in [2.45, 2.75) is 20.8 Å². The molecule has 0 atom stereocenters. The molecule has 1 aromatic heterocycles. The number of thiazole rings is 1. The third-order valence-electron chi connectivity index (χ3n) is 3.63. The van der Waals surface area contributed by atoms with Gasteiger partial charge in [-0.2, -0.15) is 0 Å². The maximum absolute atomic E-state index is 12.0. The number of nitrogens with one attached hydrogen (secondary N) is 1. The minimum Gasteiger partial charge on any atom is -0.484 e. The number of hydrogen-bond acceptors (Lipinski definition) is 4. The van der Waals surface area contributed by atoms with Gasteiger partial charge < -0.3 is 10.1 Å². The molecule has 0 fully saturated rings. The van der Waals surface area contributed by atoms with Crippen molar-refractivity contribution in [2.24, 2.45) is 0 Å². The van der Waals surface area contributed by atoms with E-state index in [-0.39, 0.29) is 12.5 Å². The number of carbonyl (C=O) groups excluding carboxylic acids is 1. The summed E-state index contributed by atoms with van der Waals surface area (Å²) >= 11 is 1.61. The number of carbonyl (C=O) groups is 1. The van der Waals surface area contributed by atoms with Gasteiger partial charge >= 0.3 is 0 Å². The maximum Gasteiger partial charge on any atom is 0.262 e. The molecule has 2 aromatic carbocycles. The van der Waals surface area contributed by atoms with Crippen LogP contribution in [0.3, 0.4) is 0 Å². The van der Waals surface area contributed by atoms with Crippen LogP contribution in [0.1, 0.15) is 16.1 Å². The molecule has 5 heteroatoms. The zero-order chi connectivity index (χ0) is 16.4. The summed E-state index contributed by atoms with van der Waals surface area (Å²) in [5, 5.41) is 3.87. The van der Waals surface area contributed by atoms with Crippen LogP contribution in [-0.2, 0) is 4.79 Å². The molecule has 1 amide bonds. The van der Waals surface area contributed by atoms with Crippen LogP contribution in [0.5, 0.6) is 5.75 Å². The van der Waals surface area contributed by atoms with Crippen LogP contribution < -0.4 is 10.1 Å². The number of aryl methyl sites for hydroxylation is 3. The summed E-state index contributed by atoms with van der Waals surface area (Å²) in [6.45, 7) is 6.03. The first-order chi connectivity index (χ1) is 11.0. The zero-order valence-electron chi connectivity index (χ0n) is 13.3. The van der Waals surface area contributed by atoms with E-state index in [0.29, 0.717) is 5.75 Å². The molecule has 3 rings (SSSR count). The number of hydrogen-bond donors (Lipinski definition) is 1. The van der Waals surface area contributed by atoms with Gasteiger partial charge in [0.25, 0.3) is 5.91 Å². The fourth-order valence-corrected chi connectivity index (χ4v) is 3.13. The van der Waals surface area contributed by atoms with Gasteiger partial charge in [-0.3, -0.25) is 4.79 Å². The number of nitrogens with zero attached hydrogens (tertiary/aromatic N) is 1. The minimum absolute atomic E-state index is 0.0117. The van der Waals surface area contributed by atoms with Gasteiger partial charge in [0.1, 0.15) is 5.75 Å². The third-order valence-corrected chi connectivity index (χ3v) is 4.56. The molecule has 1 heterocycles. The van der Waals surface area contributed by atoms with Crippen LogP contribution in [0.2, 0.25) is 0 Å². The van der Waals surface area contributed by atoms with Crippen LogP contribution in [-0.4, -0.2) is 17.5 Å². The van der Waals surface area contributed by atoms with Crippen LogP contribution in [0, 0.1) is 20.8 Å². The smallest absolute Gasteiger partial charge is 0.262 e. The summed E-state index contributed by atoms with van der Waals surface area (Å²) in [6.07, 6.45) is 0. The second kappa shape index (κ2) is 6.38. The van der Waals surface area contributed by atoms with Crippen LogP contribution in [0.15, 0.2) is 36.4 Å². The van der Waals surface area contributed by atoms with E-state index in [4.69, 9.17) is 4.74 Å². The van der Waals surface area contributed by atoms with Gasteiger partial charge in [-0.05, 0) is 62.2 Å². The Bertz CT molecular complexity index is 871. The molecule has 0 saturated carbocycles. The van der Waals surface area contributed by atoms with Gasteiger partial charge in [0.15, 0.2) is 6.61 Å². The fourth-order valence-electron chi connectivity index (χ4n) is 2.27. The Hall–Kier alpha value is -2.40. The minimum atomic E-state index is -0.177. The lowest BCUT2D eigenvalue weighted by Crippen LogP contribution is -2.20. The fraction of sp³-hybridized carbons (Fsp3) is 0.222. The van der Waals surface area contributed by atoms with Crippen LogP contribution in [0.4, 0.5) is 5.69 Å². The zero-order valence-corrected chi connectivity index (χ0v) is 14.2. The third kappa shape index (κ3) is 3.68. The van der Waals surface area contributed by atoms with Crippen molar-refractivity contribution in [3.63, 3.8) is 0 Å². The second-order valence-corrected chi connectivity index (χ2v) is 6.73. The van der Waals surface area contributed by atoms with Gasteiger partial charge in [0.2, 0.25) is 0 Å². The SMILES string of the molecule is Cc1nc2ccc(NC(=O)COc3ccc(C)c(C)c3)cc2s1. The number of amides is 1. The van der Waals surface area contributed by atoms with Crippen LogP contribution >= 0.6 is 11.3 Å². The Morgan fingerprint density at radius 1 is 1.13 bits per heavy atom. The number of anilines is 1. The topological polar surface area (TPSA) is 51.2 Å². The van der Waals surface area contributed by atoms with E-state index in [2.05, 4.69) is 10.3 Å². The van der Waals surface area contributed by atoms with Crippen molar-refractivity contribution < 1.29 is 9.53 Å². The Morgan fingerprint density at radius 2 is 1.96 bits per heavy atom. The molecule has 0 aliphatic carbocycles. The Kier molecular flexibility index (Phi) is 4.30. The first kappa shape index (κ1) is 15.5. The number of rotatable bonds is 4. The quantitative estimate of drug-likeness (QED) is 0.780. The lowest BCUT2D eigenvalue weighted by Gasteiger charge is -2.09. The molecule has 3 aromatic rings. The lowest BCUT2D eigenvalue weighted by atomic mass is 10.1. The van der Waals surface area contributed by atoms with Crippen molar-refractivity contribution in [1.29, 1.82) is 0 Å². The molecular weight excluding hydrogens is 308 g/mol. The molecule has 4 nitrogen and oxygen atoms in total. The van der Waals surface area contributed by atoms with E-state index in [0.717, 1.165) is 26.5 Å². The predicted molar refractivity (Wildman–Crippen MR) is 94.4 cm³/mol. The number of ether oxygens (including phenoxy) is 1. The van der Waals surface area contributed by atoms with Crippen molar-refractivity contribution in [3.05, 3.63) is 52.5 Å². The normalized spacial score (nSPS) is 10.7. The highest BCUT2D eigenvalue weighted by molar-refractivity contribution is 7.18. The van der Waals surface area contributed by atoms with Gasteiger partial charge in [-0.1, -0.05) is 6.07 Å². The van der Waals surface area contributed by atoms with E-state index < -0.39 is 0 Å². The van der Waals surface area contributed by atoms with E-state index in [1.807, 2.05) is 57.2 Å². The van der Waals surface area contributed by atoms with Crippen molar-refractivity contribution in [3.8, 4) is 5.75 Å². The van der Waals surface area contributed by atoms with E-state index in [1.54, 1.807) is 11.3 Å². The molecular formula is C18H18N2O2S. The summed E-state index contributed by atoms with van der Waals surface area (Å²) in [4.78, 5) is 16.4. The Balaban J connectivity index is 1.62. The number of benzene rings is 2. The molecule has 0 aliphatic rings. The summed E-state index contributed by atoms with van der Waals surface area (Å²) < 4.78 is 6.61. The molecule has 0 bridgehead atoms. The molecule has 1 N–H and O–H groups in total. The van der Waals surface area contributed by atoms with Crippen molar-refractivity contribution in [1.82, 2.24) is 4.98 Å². The molecule has 0 aliphatic heterocycles. The highest BCUT2D eigenvalue weighted by Gasteiger charge is 2.07. The summed E-state index contributed by atoms with van der Waals surface area (Å²) in [5.74, 6) is 0.528. The van der Waals surface area contributed by atoms with E-state index >= 15 is 0 Å². The van der Waals surface area contributed by atoms with Gasteiger partial charge in [0, 0.05) is 5.69 Å². The van der Waals surface area contributed by atoms with Crippen molar-refractivity contribution >= 4 is 33.1 Å². The summed E-state index contributed by atoms with van der Waals surface area (Å²) in [6, 6.07) is 11.5. The molecule has 0 saturated heterocycles. The highest BCUT2D eigenvalue weighted by Crippen LogP contribution is 2.24. The summed E-state index contributed by atoms with van der Waals surface area (Å²) in [7, 11) is 0. The first-order valence-electron chi connectivity index (χ1n) is 7.38. The lowest BCUT2D eigenvalue weighted by molar-refractivity contribution is -0.118. The molecule has 0 unspecified atom stereocenters. The van der Waals surface area contributed by atoms with Gasteiger partial charge in [-0.15, -0.1) is 11.3 Å². The monoisotopic (exact) mass is 326 g/mol. The molecule has 118 valence electrons. The first-order valence-corrected chi connectivity index (χ1v) is 8.20. The molecule has 0 spiro atoms.